The molecule has 2 atom stereocenters. The molecular weight excluding hydrogens is 324 g/mol. The van der Waals surface area contributed by atoms with Crippen molar-refractivity contribution < 1.29 is 0 Å². The van der Waals surface area contributed by atoms with Crippen molar-refractivity contribution in [1.29, 1.82) is 0 Å². The fraction of sp³-hybridized carbons (Fsp3) is 0.529. The fourth-order valence-corrected chi connectivity index (χ4v) is 3.20. The number of benzene rings is 1. The first-order valence-corrected chi connectivity index (χ1v) is 8.98. The van der Waals surface area contributed by atoms with E-state index in [0.717, 1.165) is 5.69 Å². The van der Waals surface area contributed by atoms with Crippen molar-refractivity contribution >= 4 is 40.3 Å². The number of thiocarbonyl (C=S) groups is 2. The molecule has 1 aromatic carbocycles. The lowest BCUT2D eigenvalue weighted by Crippen LogP contribution is -2.52. The van der Waals surface area contributed by atoms with E-state index in [-0.39, 0.29) is 0 Å². The molecule has 0 aliphatic heterocycles. The van der Waals surface area contributed by atoms with Crippen LogP contribution in [0, 0.1) is 19.8 Å². The van der Waals surface area contributed by atoms with Crippen molar-refractivity contribution in [2.75, 3.05) is 5.32 Å². The molecule has 1 fully saturated rings. The van der Waals surface area contributed by atoms with Crippen molar-refractivity contribution in [3.05, 3.63) is 29.3 Å². The van der Waals surface area contributed by atoms with Crippen LogP contribution < -0.4 is 21.5 Å². The first kappa shape index (κ1) is 17.9. The topological polar surface area (TPSA) is 48.1 Å². The summed E-state index contributed by atoms with van der Waals surface area (Å²) in [5.74, 6) is 0.657. The Morgan fingerprint density at radius 2 is 1.70 bits per heavy atom. The molecule has 1 aliphatic rings. The van der Waals surface area contributed by atoms with Crippen molar-refractivity contribution in [1.82, 2.24) is 16.2 Å². The SMILES string of the molecule is Cc1ccc(NC(=S)NNC(=S)N[C@H]2CCCC[C@H]2C)cc1C. The van der Waals surface area contributed by atoms with Gasteiger partial charge >= 0.3 is 0 Å². The summed E-state index contributed by atoms with van der Waals surface area (Å²) in [6, 6.07) is 6.61. The number of rotatable bonds is 2. The highest BCUT2D eigenvalue weighted by molar-refractivity contribution is 7.80. The molecule has 0 aromatic heterocycles. The summed E-state index contributed by atoms with van der Waals surface area (Å²) in [5.41, 5.74) is 9.36. The summed E-state index contributed by atoms with van der Waals surface area (Å²) in [5, 5.41) is 7.61. The Hall–Kier alpha value is -1.40. The molecule has 0 amide bonds. The summed E-state index contributed by atoms with van der Waals surface area (Å²) >= 11 is 10.6. The second-order valence-corrected chi connectivity index (χ2v) is 7.16. The average molecular weight is 351 g/mol. The van der Waals surface area contributed by atoms with E-state index in [1.54, 1.807) is 0 Å². The minimum Gasteiger partial charge on any atom is -0.358 e. The van der Waals surface area contributed by atoms with Gasteiger partial charge in [-0.2, -0.15) is 0 Å². The molecule has 6 heteroatoms. The van der Waals surface area contributed by atoms with Crippen LogP contribution in [0.4, 0.5) is 5.69 Å². The highest BCUT2D eigenvalue weighted by Gasteiger charge is 2.21. The van der Waals surface area contributed by atoms with Crippen molar-refractivity contribution in [2.24, 2.45) is 5.92 Å². The van der Waals surface area contributed by atoms with E-state index in [1.165, 1.54) is 36.8 Å². The highest BCUT2D eigenvalue weighted by Crippen LogP contribution is 2.23. The predicted octanol–water partition coefficient (Wildman–Crippen LogP) is 3.55. The van der Waals surface area contributed by atoms with Gasteiger partial charge in [0, 0.05) is 11.7 Å². The standard InChI is InChI=1S/C17H26N4S2/c1-11-8-9-14(10-13(11)3)18-16(22)20-21-17(23)19-15-7-5-4-6-12(15)2/h8-10,12,15H,4-7H2,1-3H3,(H2,18,20,22)(H2,19,21,23)/t12-,15+/m1/s1. The third-order valence-corrected chi connectivity index (χ3v) is 4.91. The van der Waals surface area contributed by atoms with E-state index in [2.05, 4.69) is 54.4 Å². The lowest BCUT2D eigenvalue weighted by atomic mass is 9.86. The molecule has 23 heavy (non-hydrogen) atoms. The highest BCUT2D eigenvalue weighted by atomic mass is 32.1. The van der Waals surface area contributed by atoms with Gasteiger partial charge in [-0.05, 0) is 80.3 Å². The Morgan fingerprint density at radius 1 is 1.00 bits per heavy atom. The number of hydrazine groups is 1. The van der Waals surface area contributed by atoms with Gasteiger partial charge in [-0.25, -0.2) is 0 Å². The van der Waals surface area contributed by atoms with E-state index < -0.39 is 0 Å². The van der Waals surface area contributed by atoms with Gasteiger partial charge in [0.25, 0.3) is 0 Å². The van der Waals surface area contributed by atoms with Gasteiger partial charge in [-0.15, -0.1) is 0 Å². The molecule has 0 radical (unpaired) electrons. The molecule has 4 nitrogen and oxygen atoms in total. The normalized spacial score (nSPS) is 20.5. The molecule has 0 bridgehead atoms. The van der Waals surface area contributed by atoms with Crippen LogP contribution in [0.1, 0.15) is 43.7 Å². The van der Waals surface area contributed by atoms with Crippen LogP contribution >= 0.6 is 24.4 Å². The monoisotopic (exact) mass is 350 g/mol. The lowest BCUT2D eigenvalue weighted by molar-refractivity contribution is 0.308. The van der Waals surface area contributed by atoms with Crippen molar-refractivity contribution in [3.8, 4) is 0 Å². The van der Waals surface area contributed by atoms with E-state index in [0.29, 0.717) is 22.2 Å². The maximum Gasteiger partial charge on any atom is 0.189 e. The second kappa shape index (κ2) is 8.45. The van der Waals surface area contributed by atoms with E-state index >= 15 is 0 Å². The largest absolute Gasteiger partial charge is 0.358 e. The third-order valence-electron chi connectivity index (χ3n) is 4.48. The molecule has 0 heterocycles. The molecule has 1 aliphatic carbocycles. The van der Waals surface area contributed by atoms with Gasteiger partial charge in [0.1, 0.15) is 0 Å². The molecule has 0 unspecified atom stereocenters. The minimum absolute atomic E-state index is 0.451. The van der Waals surface area contributed by atoms with Gasteiger partial charge in [0.15, 0.2) is 10.2 Å². The second-order valence-electron chi connectivity index (χ2n) is 6.34. The fourth-order valence-electron chi connectivity index (χ4n) is 2.83. The molecule has 126 valence electrons. The van der Waals surface area contributed by atoms with Crippen molar-refractivity contribution in [3.63, 3.8) is 0 Å². The summed E-state index contributed by atoms with van der Waals surface area (Å²) < 4.78 is 0. The number of nitrogens with one attached hydrogen (secondary N) is 4. The van der Waals surface area contributed by atoms with Gasteiger partial charge in [0.2, 0.25) is 0 Å². The van der Waals surface area contributed by atoms with Crippen LogP contribution in [0.15, 0.2) is 18.2 Å². The van der Waals surface area contributed by atoms with E-state index in [9.17, 15) is 0 Å². The van der Waals surface area contributed by atoms with Crippen LogP contribution in [0.3, 0.4) is 0 Å². The van der Waals surface area contributed by atoms with Crippen LogP contribution in [-0.2, 0) is 0 Å². The Morgan fingerprint density at radius 3 is 2.39 bits per heavy atom. The average Bonchev–Trinajstić information content (AvgIpc) is 2.51. The zero-order valence-electron chi connectivity index (χ0n) is 14.0. The Balaban J connectivity index is 1.75. The van der Waals surface area contributed by atoms with Gasteiger partial charge < -0.3 is 10.6 Å². The zero-order chi connectivity index (χ0) is 16.8. The molecular formula is C17H26N4S2. The Labute approximate surface area is 149 Å². The van der Waals surface area contributed by atoms with Crippen LogP contribution in [0.2, 0.25) is 0 Å². The maximum atomic E-state index is 5.34. The summed E-state index contributed by atoms with van der Waals surface area (Å²) in [7, 11) is 0. The van der Waals surface area contributed by atoms with Crippen molar-refractivity contribution in [2.45, 2.75) is 52.5 Å². The van der Waals surface area contributed by atoms with Gasteiger partial charge in [0.05, 0.1) is 0 Å². The molecule has 2 rings (SSSR count). The molecule has 0 saturated heterocycles. The zero-order valence-corrected chi connectivity index (χ0v) is 15.7. The molecule has 1 saturated carbocycles. The quantitative estimate of drug-likeness (QED) is 0.483. The summed E-state index contributed by atoms with van der Waals surface area (Å²) in [6.07, 6.45) is 5.03. The smallest absolute Gasteiger partial charge is 0.189 e. The van der Waals surface area contributed by atoms with E-state index in [1.807, 2.05) is 6.07 Å². The van der Waals surface area contributed by atoms with Crippen LogP contribution in [-0.4, -0.2) is 16.3 Å². The van der Waals surface area contributed by atoms with Gasteiger partial charge in [-0.3, -0.25) is 10.9 Å². The summed E-state index contributed by atoms with van der Waals surface area (Å²) in [4.78, 5) is 0. The predicted molar refractivity (Wildman–Crippen MR) is 106 cm³/mol. The molecule has 4 N–H and O–H groups in total. The number of hydrogen-bond acceptors (Lipinski definition) is 2. The third kappa shape index (κ3) is 5.62. The maximum absolute atomic E-state index is 5.34. The minimum atomic E-state index is 0.451. The van der Waals surface area contributed by atoms with Crippen LogP contribution in [0.25, 0.3) is 0 Å². The Bertz CT molecular complexity index is 574. The van der Waals surface area contributed by atoms with E-state index in [4.69, 9.17) is 24.4 Å². The summed E-state index contributed by atoms with van der Waals surface area (Å²) in [6.45, 7) is 6.45. The molecule has 1 aromatic rings. The van der Waals surface area contributed by atoms with Gasteiger partial charge in [-0.1, -0.05) is 25.8 Å². The van der Waals surface area contributed by atoms with Crippen LogP contribution in [0.5, 0.6) is 0 Å². The number of aryl methyl sites for hydroxylation is 2. The molecule has 0 spiro atoms. The number of hydrogen-bond donors (Lipinski definition) is 4. The lowest BCUT2D eigenvalue weighted by Gasteiger charge is -2.30. The Kier molecular flexibility index (Phi) is 6.59. The number of anilines is 1. The first-order chi connectivity index (χ1) is 11.0. The first-order valence-electron chi connectivity index (χ1n) is 8.16.